The summed E-state index contributed by atoms with van der Waals surface area (Å²) in [6.45, 7) is 0.188. The van der Waals surface area contributed by atoms with Crippen LogP contribution in [0.25, 0.3) is 10.8 Å². The molecule has 132 valence electrons. The predicted octanol–water partition coefficient (Wildman–Crippen LogP) is 2.78. The number of aryl methyl sites for hydroxylation is 1. The molecule has 0 atom stereocenters. The van der Waals surface area contributed by atoms with E-state index in [0.717, 1.165) is 14.7 Å². The van der Waals surface area contributed by atoms with E-state index in [1.54, 1.807) is 36.4 Å². The lowest BCUT2D eigenvalue weighted by Crippen LogP contribution is -2.23. The van der Waals surface area contributed by atoms with Gasteiger partial charge in [-0.2, -0.15) is 5.10 Å². The van der Waals surface area contributed by atoms with Gasteiger partial charge in [0.2, 0.25) is 6.79 Å². The number of carbonyl (C=O) groups excluding carboxylic acids is 1. The molecule has 26 heavy (non-hydrogen) atoms. The molecule has 2 heterocycles. The Morgan fingerprint density at radius 1 is 1.23 bits per heavy atom. The number of hydrogen-bond donors (Lipinski definition) is 0. The van der Waals surface area contributed by atoms with Crippen molar-refractivity contribution in [1.29, 1.82) is 0 Å². The van der Waals surface area contributed by atoms with Crippen molar-refractivity contribution in [3.8, 4) is 11.5 Å². The van der Waals surface area contributed by atoms with Crippen LogP contribution >= 0.6 is 15.9 Å². The molecule has 0 saturated carbocycles. The molecule has 3 aromatic rings. The Labute approximate surface area is 156 Å². The molecule has 0 aliphatic carbocycles. The molecule has 1 aromatic heterocycles. The lowest BCUT2D eigenvalue weighted by molar-refractivity contribution is 0.0464. The van der Waals surface area contributed by atoms with Gasteiger partial charge in [-0.1, -0.05) is 34.1 Å². The third kappa shape index (κ3) is 2.82. The molecule has 0 amide bonds. The molecule has 7 nitrogen and oxygen atoms in total. The van der Waals surface area contributed by atoms with Gasteiger partial charge < -0.3 is 14.2 Å². The van der Waals surface area contributed by atoms with Gasteiger partial charge in [0.1, 0.15) is 6.61 Å². The molecule has 4 rings (SSSR count). The van der Waals surface area contributed by atoms with Gasteiger partial charge in [0.15, 0.2) is 17.2 Å². The fourth-order valence-corrected chi connectivity index (χ4v) is 3.17. The summed E-state index contributed by atoms with van der Waals surface area (Å²) >= 11 is 3.43. The summed E-state index contributed by atoms with van der Waals surface area (Å²) in [6.07, 6.45) is 0. The molecule has 1 aliphatic rings. The number of nitrogens with zero attached hydrogens (tertiary/aromatic N) is 2. The molecule has 1 aliphatic heterocycles. The standard InChI is InChI=1S/C18H13BrN2O5/c1-21-17(22)12-5-3-2-4-11(12)16(20-21)18(23)24-8-10-6-14-15(7-13(10)19)26-9-25-14/h2-7H,8-9H2,1H3. The lowest BCUT2D eigenvalue weighted by Gasteiger charge is -2.10. The Morgan fingerprint density at radius 3 is 2.69 bits per heavy atom. The minimum absolute atomic E-state index is 0.0227. The van der Waals surface area contributed by atoms with E-state index >= 15 is 0 Å². The summed E-state index contributed by atoms with van der Waals surface area (Å²) < 4.78 is 17.9. The molecule has 0 saturated heterocycles. The number of hydrogen-bond acceptors (Lipinski definition) is 6. The third-order valence-electron chi connectivity index (χ3n) is 4.05. The number of esters is 1. The topological polar surface area (TPSA) is 79.7 Å². The number of ether oxygens (including phenoxy) is 3. The molecule has 0 unspecified atom stereocenters. The van der Waals surface area contributed by atoms with Crippen LogP contribution in [0, 0.1) is 0 Å². The maximum Gasteiger partial charge on any atom is 0.359 e. The van der Waals surface area contributed by atoms with Crippen LogP contribution in [-0.2, 0) is 18.4 Å². The van der Waals surface area contributed by atoms with Gasteiger partial charge >= 0.3 is 5.97 Å². The van der Waals surface area contributed by atoms with Crippen molar-refractivity contribution in [3.05, 3.63) is 62.5 Å². The highest BCUT2D eigenvalue weighted by Gasteiger charge is 2.20. The Kier molecular flexibility index (Phi) is 4.12. The smallest absolute Gasteiger partial charge is 0.359 e. The number of halogens is 1. The zero-order valence-corrected chi connectivity index (χ0v) is 15.3. The van der Waals surface area contributed by atoms with Crippen LogP contribution in [-0.4, -0.2) is 22.5 Å². The predicted molar refractivity (Wildman–Crippen MR) is 96.4 cm³/mol. The highest BCUT2D eigenvalue weighted by Crippen LogP contribution is 2.37. The zero-order chi connectivity index (χ0) is 18.3. The van der Waals surface area contributed by atoms with Crippen molar-refractivity contribution >= 4 is 32.7 Å². The summed E-state index contributed by atoms with van der Waals surface area (Å²) in [6, 6.07) is 10.3. The third-order valence-corrected chi connectivity index (χ3v) is 4.79. The average Bonchev–Trinajstić information content (AvgIpc) is 3.09. The van der Waals surface area contributed by atoms with Gasteiger partial charge in [-0.15, -0.1) is 0 Å². The van der Waals surface area contributed by atoms with Crippen molar-refractivity contribution in [3.63, 3.8) is 0 Å². The molecule has 0 N–H and O–H groups in total. The largest absolute Gasteiger partial charge is 0.456 e. The number of carbonyl (C=O) groups is 1. The molecular formula is C18H13BrN2O5. The average molecular weight is 417 g/mol. The van der Waals surface area contributed by atoms with E-state index in [-0.39, 0.29) is 24.7 Å². The first-order valence-corrected chi connectivity index (χ1v) is 8.55. The molecule has 2 aromatic carbocycles. The first-order chi connectivity index (χ1) is 12.5. The van der Waals surface area contributed by atoms with E-state index in [9.17, 15) is 9.59 Å². The summed E-state index contributed by atoms with van der Waals surface area (Å²) in [4.78, 5) is 24.7. The number of fused-ring (bicyclic) bond motifs is 2. The molecule has 0 radical (unpaired) electrons. The molecule has 0 bridgehead atoms. The van der Waals surface area contributed by atoms with E-state index in [1.165, 1.54) is 7.05 Å². The highest BCUT2D eigenvalue weighted by molar-refractivity contribution is 9.10. The van der Waals surface area contributed by atoms with Crippen LogP contribution in [0.1, 0.15) is 16.1 Å². The van der Waals surface area contributed by atoms with Gasteiger partial charge in [-0.25, -0.2) is 9.48 Å². The van der Waals surface area contributed by atoms with Crippen molar-refractivity contribution in [2.75, 3.05) is 6.79 Å². The van der Waals surface area contributed by atoms with Crippen molar-refractivity contribution in [2.45, 2.75) is 6.61 Å². The fraction of sp³-hybridized carbons (Fsp3) is 0.167. The van der Waals surface area contributed by atoms with Crippen molar-refractivity contribution < 1.29 is 19.0 Å². The second-order valence-electron chi connectivity index (χ2n) is 5.70. The Morgan fingerprint density at radius 2 is 1.92 bits per heavy atom. The molecule has 8 heteroatoms. The van der Waals surface area contributed by atoms with Crippen molar-refractivity contribution in [1.82, 2.24) is 9.78 Å². The van der Waals surface area contributed by atoms with Crippen LogP contribution in [0.5, 0.6) is 11.5 Å². The minimum atomic E-state index is -0.610. The first kappa shape index (κ1) is 16.6. The lowest BCUT2D eigenvalue weighted by atomic mass is 10.1. The normalized spacial score (nSPS) is 12.4. The Balaban J connectivity index is 1.63. The summed E-state index contributed by atoms with van der Waals surface area (Å²) in [5.41, 5.74) is 0.562. The van der Waals surface area contributed by atoms with Gasteiger partial charge in [0.25, 0.3) is 5.56 Å². The second kappa shape index (κ2) is 6.45. The van der Waals surface area contributed by atoms with E-state index in [0.29, 0.717) is 22.3 Å². The zero-order valence-electron chi connectivity index (χ0n) is 13.7. The van der Waals surface area contributed by atoms with Crippen LogP contribution in [0.4, 0.5) is 0 Å². The first-order valence-electron chi connectivity index (χ1n) is 7.76. The molecule has 0 fully saturated rings. The Hall–Kier alpha value is -2.87. The minimum Gasteiger partial charge on any atom is -0.456 e. The quantitative estimate of drug-likeness (QED) is 0.610. The van der Waals surface area contributed by atoms with Crippen LogP contribution in [0.3, 0.4) is 0 Å². The van der Waals surface area contributed by atoms with Gasteiger partial charge in [-0.05, 0) is 18.2 Å². The van der Waals surface area contributed by atoms with E-state index in [4.69, 9.17) is 14.2 Å². The SMILES string of the molecule is Cn1nc(C(=O)OCc2cc3c(cc2Br)OCO3)c2ccccc2c1=O. The van der Waals surface area contributed by atoms with E-state index < -0.39 is 5.97 Å². The number of rotatable bonds is 3. The van der Waals surface area contributed by atoms with E-state index in [1.807, 2.05) is 0 Å². The molecule has 0 spiro atoms. The van der Waals surface area contributed by atoms with Gasteiger partial charge in [0.05, 0.1) is 5.39 Å². The van der Waals surface area contributed by atoms with Crippen LogP contribution < -0.4 is 15.0 Å². The number of aromatic nitrogens is 2. The highest BCUT2D eigenvalue weighted by atomic mass is 79.9. The van der Waals surface area contributed by atoms with Gasteiger partial charge in [0, 0.05) is 22.5 Å². The van der Waals surface area contributed by atoms with Gasteiger partial charge in [-0.3, -0.25) is 4.79 Å². The Bertz CT molecular complexity index is 1090. The summed E-state index contributed by atoms with van der Waals surface area (Å²) in [5.74, 6) is 0.629. The maximum absolute atomic E-state index is 12.6. The number of benzene rings is 2. The summed E-state index contributed by atoms with van der Waals surface area (Å²) in [5, 5.41) is 4.95. The maximum atomic E-state index is 12.6. The van der Waals surface area contributed by atoms with Crippen LogP contribution in [0.15, 0.2) is 45.7 Å². The van der Waals surface area contributed by atoms with Crippen LogP contribution in [0.2, 0.25) is 0 Å². The van der Waals surface area contributed by atoms with E-state index in [2.05, 4.69) is 21.0 Å². The second-order valence-corrected chi connectivity index (χ2v) is 6.55. The summed E-state index contributed by atoms with van der Waals surface area (Å²) in [7, 11) is 1.50. The fourth-order valence-electron chi connectivity index (χ4n) is 2.73. The monoisotopic (exact) mass is 416 g/mol. The molecular weight excluding hydrogens is 404 g/mol. The van der Waals surface area contributed by atoms with Crippen molar-refractivity contribution in [2.24, 2.45) is 7.05 Å².